The van der Waals surface area contributed by atoms with Gasteiger partial charge in [-0.25, -0.2) is 9.59 Å². The topological polar surface area (TPSA) is 119 Å². The maximum Gasteiger partial charge on any atom is 0.345 e. The predicted molar refractivity (Wildman–Crippen MR) is 78.4 cm³/mol. The molecule has 0 spiro atoms. The molecule has 0 fully saturated rings. The lowest BCUT2D eigenvalue weighted by Crippen LogP contribution is -2.32. The first kappa shape index (κ1) is 14.2. The van der Waals surface area contributed by atoms with Crippen molar-refractivity contribution in [1.82, 2.24) is 5.48 Å². The van der Waals surface area contributed by atoms with Crippen molar-refractivity contribution in [2.75, 3.05) is 5.32 Å². The minimum absolute atomic E-state index is 0.384. The fraction of sp³-hybridized carbons (Fsp3) is 0. The van der Waals surface area contributed by atoms with Crippen molar-refractivity contribution < 1.29 is 14.4 Å². The van der Waals surface area contributed by atoms with Gasteiger partial charge in [-0.1, -0.05) is 36.4 Å². The van der Waals surface area contributed by atoms with Crippen LogP contribution in [0.1, 0.15) is 0 Å². The van der Waals surface area contributed by atoms with E-state index < -0.39 is 12.1 Å². The average molecular weight is 286 g/mol. The third-order valence-corrected chi connectivity index (χ3v) is 2.62. The standard InChI is InChI=1S/C14H14N4O3/c15-13(19)17-11-7-3-1-5-9(11)10-6-2-4-8-12(10)21-18-14(16)20/h1-8H,(H3,15,17,19)(H3,16,18,20). The highest BCUT2D eigenvalue weighted by Gasteiger charge is 2.11. The number of carbonyl (C=O) groups is 2. The van der Waals surface area contributed by atoms with Gasteiger partial charge in [-0.05, 0) is 12.1 Å². The number of nitrogens with two attached hydrogens (primary N) is 2. The Balaban J connectivity index is 2.42. The molecule has 0 saturated heterocycles. The van der Waals surface area contributed by atoms with Gasteiger partial charge in [0.1, 0.15) is 0 Å². The van der Waals surface area contributed by atoms with Gasteiger partial charge in [-0.15, -0.1) is 0 Å². The molecule has 0 aliphatic heterocycles. The van der Waals surface area contributed by atoms with Crippen molar-refractivity contribution in [2.24, 2.45) is 11.5 Å². The number of nitrogens with one attached hydrogen (secondary N) is 2. The Morgan fingerprint density at radius 2 is 1.48 bits per heavy atom. The summed E-state index contributed by atoms with van der Waals surface area (Å²) in [5.74, 6) is 0.384. The van der Waals surface area contributed by atoms with E-state index in [0.717, 1.165) is 0 Å². The number of rotatable bonds is 4. The highest BCUT2D eigenvalue weighted by molar-refractivity contribution is 5.94. The molecule has 0 bridgehead atoms. The number of benzene rings is 2. The van der Waals surface area contributed by atoms with E-state index in [0.29, 0.717) is 22.6 Å². The Bertz CT molecular complexity index is 673. The summed E-state index contributed by atoms with van der Waals surface area (Å²) in [6.45, 7) is 0. The number of amides is 4. The van der Waals surface area contributed by atoms with E-state index in [4.69, 9.17) is 16.3 Å². The molecule has 7 nitrogen and oxygen atoms in total. The summed E-state index contributed by atoms with van der Waals surface area (Å²) in [7, 11) is 0. The van der Waals surface area contributed by atoms with Gasteiger partial charge in [-0.2, -0.15) is 5.48 Å². The van der Waals surface area contributed by atoms with Crippen molar-refractivity contribution >= 4 is 17.7 Å². The molecular formula is C14H14N4O3. The van der Waals surface area contributed by atoms with E-state index in [1.165, 1.54) is 0 Å². The fourth-order valence-electron chi connectivity index (χ4n) is 1.84. The maximum absolute atomic E-state index is 11.1. The van der Waals surface area contributed by atoms with E-state index in [-0.39, 0.29) is 0 Å². The monoisotopic (exact) mass is 286 g/mol. The van der Waals surface area contributed by atoms with Crippen LogP contribution in [-0.4, -0.2) is 12.1 Å². The van der Waals surface area contributed by atoms with Crippen LogP contribution in [0.3, 0.4) is 0 Å². The van der Waals surface area contributed by atoms with Crippen molar-refractivity contribution in [1.29, 1.82) is 0 Å². The number of urea groups is 2. The minimum Gasteiger partial charge on any atom is -0.377 e. The Labute approximate surface area is 120 Å². The molecule has 21 heavy (non-hydrogen) atoms. The van der Waals surface area contributed by atoms with Gasteiger partial charge >= 0.3 is 12.1 Å². The molecule has 2 rings (SSSR count). The molecule has 0 aliphatic rings. The second-order valence-electron chi connectivity index (χ2n) is 4.10. The number of primary amides is 2. The first-order valence-corrected chi connectivity index (χ1v) is 6.05. The predicted octanol–water partition coefficient (Wildman–Crippen LogP) is 1.81. The van der Waals surface area contributed by atoms with Gasteiger partial charge in [0.2, 0.25) is 0 Å². The summed E-state index contributed by atoms with van der Waals surface area (Å²) in [5, 5.41) is 2.54. The van der Waals surface area contributed by atoms with E-state index in [1.807, 2.05) is 0 Å². The van der Waals surface area contributed by atoms with Gasteiger partial charge in [-0.3, -0.25) is 0 Å². The molecule has 0 atom stereocenters. The normalized spacial score (nSPS) is 9.71. The Kier molecular flexibility index (Phi) is 4.25. The van der Waals surface area contributed by atoms with Crippen molar-refractivity contribution in [3.8, 4) is 16.9 Å². The number of hydrogen-bond acceptors (Lipinski definition) is 3. The second kappa shape index (κ2) is 6.29. The number of carbonyl (C=O) groups excluding carboxylic acids is 2. The second-order valence-corrected chi connectivity index (χ2v) is 4.10. The molecule has 0 aromatic heterocycles. The summed E-state index contributed by atoms with van der Waals surface area (Å²) < 4.78 is 0. The summed E-state index contributed by atoms with van der Waals surface area (Å²) in [4.78, 5) is 26.9. The van der Waals surface area contributed by atoms with E-state index in [2.05, 4.69) is 10.8 Å². The molecule has 4 amide bonds. The molecule has 2 aromatic rings. The minimum atomic E-state index is -0.812. The molecule has 0 unspecified atom stereocenters. The van der Waals surface area contributed by atoms with Crippen LogP contribution in [0, 0.1) is 0 Å². The van der Waals surface area contributed by atoms with E-state index in [1.54, 1.807) is 48.5 Å². The third-order valence-electron chi connectivity index (χ3n) is 2.62. The summed E-state index contributed by atoms with van der Waals surface area (Å²) >= 11 is 0. The molecule has 0 saturated carbocycles. The van der Waals surface area contributed by atoms with Crippen LogP contribution in [0.25, 0.3) is 11.1 Å². The zero-order valence-corrected chi connectivity index (χ0v) is 11.0. The molecule has 0 heterocycles. The highest BCUT2D eigenvalue weighted by Crippen LogP contribution is 2.34. The molecular weight excluding hydrogens is 272 g/mol. The van der Waals surface area contributed by atoms with Gasteiger partial charge in [0, 0.05) is 11.1 Å². The highest BCUT2D eigenvalue weighted by atomic mass is 16.7. The van der Waals surface area contributed by atoms with Gasteiger partial charge in [0.25, 0.3) is 0 Å². The summed E-state index contributed by atoms with van der Waals surface area (Å²) in [5.41, 5.74) is 14.1. The van der Waals surface area contributed by atoms with Crippen LogP contribution in [0.5, 0.6) is 5.75 Å². The first-order valence-electron chi connectivity index (χ1n) is 6.05. The first-order chi connectivity index (χ1) is 10.1. The van der Waals surface area contributed by atoms with Crippen LogP contribution >= 0.6 is 0 Å². The molecule has 7 heteroatoms. The Morgan fingerprint density at radius 1 is 0.857 bits per heavy atom. The van der Waals surface area contributed by atoms with E-state index >= 15 is 0 Å². The van der Waals surface area contributed by atoms with Crippen LogP contribution < -0.4 is 27.1 Å². The summed E-state index contributed by atoms with van der Waals surface area (Å²) in [6, 6.07) is 12.6. The average Bonchev–Trinajstić information content (AvgIpc) is 2.45. The van der Waals surface area contributed by atoms with E-state index in [9.17, 15) is 9.59 Å². The quantitative estimate of drug-likeness (QED) is 0.641. The number of para-hydroxylation sites is 2. The zero-order valence-electron chi connectivity index (χ0n) is 11.0. The lowest BCUT2D eigenvalue weighted by atomic mass is 10.0. The zero-order chi connectivity index (χ0) is 15.2. The Hall–Kier alpha value is -3.22. The van der Waals surface area contributed by atoms with Gasteiger partial charge < -0.3 is 21.6 Å². The smallest absolute Gasteiger partial charge is 0.345 e. The molecule has 108 valence electrons. The summed E-state index contributed by atoms with van der Waals surface area (Å²) in [6.07, 6.45) is 0. The molecule has 2 aromatic carbocycles. The maximum atomic E-state index is 11.1. The van der Waals surface area contributed by atoms with Crippen LogP contribution in [-0.2, 0) is 0 Å². The van der Waals surface area contributed by atoms with Crippen molar-refractivity contribution in [3.63, 3.8) is 0 Å². The lowest BCUT2D eigenvalue weighted by Gasteiger charge is -2.13. The Morgan fingerprint density at radius 3 is 2.14 bits per heavy atom. The van der Waals surface area contributed by atoms with Gasteiger partial charge in [0.05, 0.1) is 5.69 Å². The SMILES string of the molecule is NC(=O)NOc1ccccc1-c1ccccc1NC(N)=O. The molecule has 0 radical (unpaired) electrons. The fourth-order valence-corrected chi connectivity index (χ4v) is 1.84. The lowest BCUT2D eigenvalue weighted by molar-refractivity contribution is 0.186. The van der Waals surface area contributed by atoms with Crippen molar-refractivity contribution in [3.05, 3.63) is 48.5 Å². The number of hydroxylamine groups is 1. The van der Waals surface area contributed by atoms with Gasteiger partial charge in [0.15, 0.2) is 5.75 Å². The number of anilines is 1. The molecule has 6 N–H and O–H groups in total. The van der Waals surface area contributed by atoms with Crippen LogP contribution in [0.4, 0.5) is 15.3 Å². The number of hydrogen-bond donors (Lipinski definition) is 4. The van der Waals surface area contributed by atoms with Crippen LogP contribution in [0.2, 0.25) is 0 Å². The van der Waals surface area contributed by atoms with Crippen molar-refractivity contribution in [2.45, 2.75) is 0 Å². The third kappa shape index (κ3) is 3.63. The molecule has 0 aliphatic carbocycles. The largest absolute Gasteiger partial charge is 0.377 e. The van der Waals surface area contributed by atoms with Crippen LogP contribution in [0.15, 0.2) is 48.5 Å².